The highest BCUT2D eigenvalue weighted by Crippen LogP contribution is 2.43. The van der Waals surface area contributed by atoms with Crippen LogP contribution < -0.4 is 10.2 Å². The summed E-state index contributed by atoms with van der Waals surface area (Å²) in [7, 11) is 0. The van der Waals surface area contributed by atoms with E-state index in [-0.39, 0.29) is 22.7 Å². The second-order valence-electron chi connectivity index (χ2n) is 7.17. The Hall–Kier alpha value is -3.29. The SMILES string of the molecule is Cc1cc(-c2ccc3c(=O)c(C(=O)O)cn(C4CC4)c3c2OC(F)F)cc(C)n1. The first-order valence-electron chi connectivity index (χ1n) is 9.12. The minimum absolute atomic E-state index is 0.0405. The van der Waals surface area contributed by atoms with Crippen LogP contribution in [-0.4, -0.2) is 27.2 Å². The van der Waals surface area contributed by atoms with Crippen LogP contribution in [0.1, 0.15) is 40.6 Å². The van der Waals surface area contributed by atoms with Crippen LogP contribution in [-0.2, 0) is 0 Å². The third kappa shape index (κ3) is 3.46. The Morgan fingerprint density at radius 3 is 2.45 bits per heavy atom. The summed E-state index contributed by atoms with van der Waals surface area (Å²) >= 11 is 0. The van der Waals surface area contributed by atoms with Crippen molar-refractivity contribution in [1.29, 1.82) is 0 Å². The summed E-state index contributed by atoms with van der Waals surface area (Å²) in [6, 6.07) is 6.42. The molecule has 1 aliphatic carbocycles. The molecule has 8 heteroatoms. The molecular weight excluding hydrogens is 382 g/mol. The molecule has 0 aliphatic heterocycles. The number of hydrogen-bond donors (Lipinski definition) is 1. The van der Waals surface area contributed by atoms with E-state index in [0.29, 0.717) is 22.5 Å². The van der Waals surface area contributed by atoms with Crippen molar-refractivity contribution < 1.29 is 23.4 Å². The van der Waals surface area contributed by atoms with E-state index in [2.05, 4.69) is 4.98 Å². The van der Waals surface area contributed by atoms with Crippen molar-refractivity contribution in [2.75, 3.05) is 0 Å². The second kappa shape index (κ2) is 6.95. The van der Waals surface area contributed by atoms with Gasteiger partial charge in [0.2, 0.25) is 5.43 Å². The summed E-state index contributed by atoms with van der Waals surface area (Å²) in [6.07, 6.45) is 2.77. The molecule has 0 saturated heterocycles. The molecule has 6 nitrogen and oxygen atoms in total. The van der Waals surface area contributed by atoms with Crippen LogP contribution in [0.2, 0.25) is 0 Å². The Labute approximate surface area is 164 Å². The van der Waals surface area contributed by atoms with Crippen molar-refractivity contribution in [3.05, 3.63) is 57.6 Å². The number of aromatic carboxylic acids is 1. The zero-order valence-corrected chi connectivity index (χ0v) is 15.8. The largest absolute Gasteiger partial charge is 0.477 e. The number of rotatable bonds is 5. The Kier molecular flexibility index (Phi) is 4.56. The van der Waals surface area contributed by atoms with Gasteiger partial charge in [0, 0.05) is 29.2 Å². The lowest BCUT2D eigenvalue weighted by atomic mass is 10.00. The van der Waals surface area contributed by atoms with Gasteiger partial charge in [-0.3, -0.25) is 9.78 Å². The van der Waals surface area contributed by atoms with Crippen molar-refractivity contribution >= 4 is 16.9 Å². The number of hydrogen-bond acceptors (Lipinski definition) is 4. The maximum atomic E-state index is 13.3. The highest BCUT2D eigenvalue weighted by Gasteiger charge is 2.30. The molecule has 0 atom stereocenters. The zero-order valence-electron chi connectivity index (χ0n) is 15.8. The molecule has 29 heavy (non-hydrogen) atoms. The van der Waals surface area contributed by atoms with E-state index in [1.165, 1.54) is 18.3 Å². The number of aryl methyl sites for hydroxylation is 2. The molecule has 2 aromatic heterocycles. The van der Waals surface area contributed by atoms with Crippen molar-refractivity contribution in [2.45, 2.75) is 39.3 Å². The number of carboxylic acid groups (broad SMARTS) is 1. The number of ether oxygens (including phenoxy) is 1. The lowest BCUT2D eigenvalue weighted by Gasteiger charge is -2.19. The highest BCUT2D eigenvalue weighted by molar-refractivity contribution is 5.97. The predicted molar refractivity (Wildman–Crippen MR) is 103 cm³/mol. The van der Waals surface area contributed by atoms with Gasteiger partial charge in [0.15, 0.2) is 5.75 Å². The van der Waals surface area contributed by atoms with Gasteiger partial charge in [-0.25, -0.2) is 4.79 Å². The predicted octanol–water partition coefficient (Wildman–Crippen LogP) is 4.31. The number of fused-ring (bicyclic) bond motifs is 1. The Morgan fingerprint density at radius 1 is 1.24 bits per heavy atom. The van der Waals surface area contributed by atoms with E-state index >= 15 is 0 Å². The monoisotopic (exact) mass is 400 g/mol. The van der Waals surface area contributed by atoms with Gasteiger partial charge in [0.25, 0.3) is 0 Å². The van der Waals surface area contributed by atoms with Crippen LogP contribution in [0.3, 0.4) is 0 Å². The molecule has 0 unspecified atom stereocenters. The first kappa shape index (κ1) is 19.0. The molecular formula is C21H18F2N2O4. The third-order valence-corrected chi connectivity index (χ3v) is 4.92. The maximum absolute atomic E-state index is 13.3. The fourth-order valence-electron chi connectivity index (χ4n) is 3.64. The van der Waals surface area contributed by atoms with Crippen LogP contribution in [0.4, 0.5) is 8.78 Å². The highest BCUT2D eigenvalue weighted by atomic mass is 19.3. The molecule has 1 saturated carbocycles. The lowest BCUT2D eigenvalue weighted by molar-refractivity contribution is -0.0486. The minimum atomic E-state index is -3.11. The van der Waals surface area contributed by atoms with E-state index < -0.39 is 23.6 Å². The molecule has 150 valence electrons. The van der Waals surface area contributed by atoms with Crippen LogP contribution >= 0.6 is 0 Å². The van der Waals surface area contributed by atoms with Gasteiger partial charge in [-0.05, 0) is 56.5 Å². The molecule has 0 amide bonds. The number of carbonyl (C=O) groups is 1. The molecule has 0 radical (unpaired) electrons. The number of alkyl halides is 2. The average Bonchev–Trinajstić information content (AvgIpc) is 3.45. The topological polar surface area (TPSA) is 81.4 Å². The standard InChI is InChI=1S/C21H18F2N2O4/c1-10-7-12(8-11(2)24-10)14-5-6-15-17(19(14)29-21(22)23)25(13-3-4-13)9-16(18(15)26)20(27)28/h5-9,13,21H,3-4H2,1-2H3,(H,27,28). The first-order chi connectivity index (χ1) is 13.8. The van der Waals surface area contributed by atoms with Crippen molar-refractivity contribution in [3.63, 3.8) is 0 Å². The molecule has 1 aromatic carbocycles. The minimum Gasteiger partial charge on any atom is -0.477 e. The number of pyridine rings is 2. The third-order valence-electron chi connectivity index (χ3n) is 4.92. The number of carboxylic acids is 1. The number of nitrogens with zero attached hydrogens (tertiary/aromatic N) is 2. The van der Waals surface area contributed by atoms with Gasteiger partial charge in [-0.15, -0.1) is 0 Å². The molecule has 1 aliphatic rings. The quantitative estimate of drug-likeness (QED) is 0.690. The summed E-state index contributed by atoms with van der Waals surface area (Å²) in [5.41, 5.74) is 1.51. The Bertz CT molecular complexity index is 1180. The summed E-state index contributed by atoms with van der Waals surface area (Å²) < 4.78 is 33.2. The zero-order chi connectivity index (χ0) is 20.9. The van der Waals surface area contributed by atoms with Gasteiger partial charge >= 0.3 is 12.6 Å². The van der Waals surface area contributed by atoms with Crippen molar-refractivity contribution in [2.24, 2.45) is 0 Å². The summed E-state index contributed by atoms with van der Waals surface area (Å²) in [5, 5.41) is 9.43. The smallest absolute Gasteiger partial charge is 0.387 e. The molecule has 2 heterocycles. The fourth-order valence-corrected chi connectivity index (χ4v) is 3.64. The summed E-state index contributed by atoms with van der Waals surface area (Å²) in [6.45, 7) is 0.486. The fraction of sp³-hybridized carbons (Fsp3) is 0.286. The van der Waals surface area contributed by atoms with Gasteiger partial charge < -0.3 is 14.4 Å². The average molecular weight is 400 g/mol. The maximum Gasteiger partial charge on any atom is 0.387 e. The van der Waals surface area contributed by atoms with Crippen molar-refractivity contribution in [3.8, 4) is 16.9 Å². The summed E-state index contributed by atoms with van der Waals surface area (Å²) in [5.74, 6) is -1.49. The van der Waals surface area contributed by atoms with Crippen LogP contribution in [0.5, 0.6) is 5.75 Å². The van der Waals surface area contributed by atoms with E-state index in [4.69, 9.17) is 4.74 Å². The molecule has 1 fully saturated rings. The molecule has 1 N–H and O–H groups in total. The van der Waals surface area contributed by atoms with Crippen LogP contribution in [0, 0.1) is 13.8 Å². The first-order valence-corrected chi connectivity index (χ1v) is 9.12. The van der Waals surface area contributed by atoms with Gasteiger partial charge in [-0.1, -0.05) is 0 Å². The van der Waals surface area contributed by atoms with Gasteiger partial charge in [0.05, 0.1) is 10.9 Å². The van der Waals surface area contributed by atoms with E-state index in [9.17, 15) is 23.5 Å². The molecule has 4 rings (SSSR count). The molecule has 0 bridgehead atoms. The van der Waals surface area contributed by atoms with Gasteiger partial charge in [-0.2, -0.15) is 8.78 Å². The number of aromatic nitrogens is 2. The number of halogens is 2. The second-order valence-corrected chi connectivity index (χ2v) is 7.17. The van der Waals surface area contributed by atoms with Crippen molar-refractivity contribution in [1.82, 2.24) is 9.55 Å². The van der Waals surface area contributed by atoms with Crippen LogP contribution in [0.25, 0.3) is 22.0 Å². The normalized spacial score (nSPS) is 13.8. The lowest BCUT2D eigenvalue weighted by Crippen LogP contribution is -2.19. The van der Waals surface area contributed by atoms with E-state index in [0.717, 1.165) is 12.8 Å². The van der Waals surface area contributed by atoms with Gasteiger partial charge in [0.1, 0.15) is 5.56 Å². The summed E-state index contributed by atoms with van der Waals surface area (Å²) in [4.78, 5) is 28.5. The van der Waals surface area contributed by atoms with E-state index in [1.807, 2.05) is 0 Å². The Morgan fingerprint density at radius 2 is 1.90 bits per heavy atom. The van der Waals surface area contributed by atoms with Crippen LogP contribution in [0.15, 0.2) is 35.3 Å². The molecule has 0 spiro atoms. The molecule has 3 aromatic rings. The van der Waals surface area contributed by atoms with E-state index in [1.54, 1.807) is 30.5 Å². The Balaban J connectivity index is 2.11. The number of benzene rings is 1.